The first-order chi connectivity index (χ1) is 12.0. The highest BCUT2D eigenvalue weighted by molar-refractivity contribution is 6.00. The average Bonchev–Trinajstić information content (AvgIpc) is 2.51. The van der Waals surface area contributed by atoms with Crippen molar-refractivity contribution in [2.75, 3.05) is 0 Å². The van der Waals surface area contributed by atoms with Crippen LogP contribution in [-0.2, 0) is 16.1 Å². The second-order valence-electron chi connectivity index (χ2n) is 5.61. The largest absolute Gasteiger partial charge is 0.573 e. The predicted molar refractivity (Wildman–Crippen MR) is 75.7 cm³/mol. The van der Waals surface area contributed by atoms with E-state index in [-0.39, 0.29) is 18.5 Å². The number of halogens is 6. The Morgan fingerprint density at radius 1 is 1.15 bits per heavy atom. The highest BCUT2D eigenvalue weighted by Crippen LogP contribution is 2.29. The van der Waals surface area contributed by atoms with Gasteiger partial charge >= 0.3 is 12.5 Å². The van der Waals surface area contributed by atoms with E-state index >= 15 is 0 Å². The molecule has 1 aliphatic heterocycles. The standard InChI is InChI=1S/C15H14F6N2O3/c16-14(17,18)11-6-5-9(13(25)23-11)12(24)22-7-8-3-1-2-4-10(8)26-15(19,20)21/h1-4,9,11H,5-7H2,(H,22,24)(H,23,25)/t9-,11+/m0/s1. The van der Waals surface area contributed by atoms with E-state index in [1.807, 2.05) is 0 Å². The van der Waals surface area contributed by atoms with Crippen LogP contribution in [0.4, 0.5) is 26.3 Å². The molecule has 1 heterocycles. The summed E-state index contributed by atoms with van der Waals surface area (Å²) in [4.78, 5) is 23.7. The molecule has 2 amide bonds. The van der Waals surface area contributed by atoms with Crippen LogP contribution in [0.2, 0.25) is 0 Å². The van der Waals surface area contributed by atoms with Crippen molar-refractivity contribution in [1.29, 1.82) is 0 Å². The normalized spacial score (nSPS) is 21.1. The molecule has 1 saturated heterocycles. The molecule has 11 heteroatoms. The molecular weight excluding hydrogens is 370 g/mol. The highest BCUT2D eigenvalue weighted by Gasteiger charge is 2.45. The number of carbonyl (C=O) groups is 2. The zero-order chi connectivity index (χ0) is 19.5. The van der Waals surface area contributed by atoms with Gasteiger partial charge in [0.2, 0.25) is 11.8 Å². The monoisotopic (exact) mass is 384 g/mol. The molecule has 2 N–H and O–H groups in total. The van der Waals surface area contributed by atoms with Crippen molar-refractivity contribution >= 4 is 11.8 Å². The molecule has 0 unspecified atom stereocenters. The first-order valence-electron chi connectivity index (χ1n) is 7.46. The van der Waals surface area contributed by atoms with E-state index in [0.29, 0.717) is 0 Å². The van der Waals surface area contributed by atoms with E-state index in [9.17, 15) is 35.9 Å². The Morgan fingerprint density at radius 2 is 1.81 bits per heavy atom. The lowest BCUT2D eigenvalue weighted by molar-refractivity contribution is -0.274. The fraction of sp³-hybridized carbons (Fsp3) is 0.467. The van der Waals surface area contributed by atoms with Crippen molar-refractivity contribution in [1.82, 2.24) is 10.6 Å². The Hall–Kier alpha value is -2.46. The molecular formula is C15H14F6N2O3. The van der Waals surface area contributed by atoms with Gasteiger partial charge in [0, 0.05) is 12.1 Å². The molecule has 0 bridgehead atoms. The van der Waals surface area contributed by atoms with Crippen molar-refractivity contribution in [2.24, 2.45) is 5.92 Å². The van der Waals surface area contributed by atoms with Gasteiger partial charge in [-0.05, 0) is 18.9 Å². The summed E-state index contributed by atoms with van der Waals surface area (Å²) in [5.41, 5.74) is 0.00237. The summed E-state index contributed by atoms with van der Waals surface area (Å²) in [7, 11) is 0. The van der Waals surface area contributed by atoms with Crippen LogP contribution < -0.4 is 15.4 Å². The van der Waals surface area contributed by atoms with Gasteiger partial charge in [0.15, 0.2) is 0 Å². The summed E-state index contributed by atoms with van der Waals surface area (Å²) in [5, 5.41) is 3.98. The zero-order valence-corrected chi connectivity index (χ0v) is 13.1. The number of ether oxygens (including phenoxy) is 1. The minimum atomic E-state index is -4.92. The van der Waals surface area contributed by atoms with Gasteiger partial charge in [-0.3, -0.25) is 9.59 Å². The number of piperidine rings is 1. The summed E-state index contributed by atoms with van der Waals surface area (Å²) in [6, 6.07) is 3.04. The number of para-hydroxylation sites is 1. The van der Waals surface area contributed by atoms with Crippen LogP contribution in [0.25, 0.3) is 0 Å². The van der Waals surface area contributed by atoms with Crippen molar-refractivity contribution < 1.29 is 40.7 Å². The number of benzene rings is 1. The fourth-order valence-electron chi connectivity index (χ4n) is 2.48. The third-order valence-corrected chi connectivity index (χ3v) is 3.74. The molecule has 2 rings (SSSR count). The molecule has 144 valence electrons. The molecule has 0 spiro atoms. The quantitative estimate of drug-likeness (QED) is 0.620. The topological polar surface area (TPSA) is 67.4 Å². The Bertz CT molecular complexity index is 674. The Morgan fingerprint density at radius 3 is 2.38 bits per heavy atom. The zero-order valence-electron chi connectivity index (χ0n) is 13.1. The van der Waals surface area contributed by atoms with Crippen LogP contribution in [-0.4, -0.2) is 30.4 Å². The van der Waals surface area contributed by atoms with E-state index in [1.54, 1.807) is 5.32 Å². The number of amides is 2. The first kappa shape index (κ1) is 19.9. The van der Waals surface area contributed by atoms with Gasteiger partial charge in [0.05, 0.1) is 0 Å². The first-order valence-corrected chi connectivity index (χ1v) is 7.46. The highest BCUT2D eigenvalue weighted by atomic mass is 19.4. The van der Waals surface area contributed by atoms with Gasteiger partial charge in [0.1, 0.15) is 17.7 Å². The van der Waals surface area contributed by atoms with Crippen LogP contribution in [0.5, 0.6) is 5.75 Å². The van der Waals surface area contributed by atoms with E-state index in [0.717, 1.165) is 6.07 Å². The maximum atomic E-state index is 12.6. The second-order valence-corrected chi connectivity index (χ2v) is 5.61. The minimum Gasteiger partial charge on any atom is -0.405 e. The fourth-order valence-corrected chi connectivity index (χ4v) is 2.48. The minimum absolute atomic E-state index is 0.00237. The van der Waals surface area contributed by atoms with Crippen LogP contribution in [0, 0.1) is 5.92 Å². The lowest BCUT2D eigenvalue weighted by atomic mass is 9.92. The van der Waals surface area contributed by atoms with Crippen LogP contribution in [0.15, 0.2) is 24.3 Å². The predicted octanol–water partition coefficient (Wildman–Crippen LogP) is 2.66. The molecule has 1 aliphatic rings. The van der Waals surface area contributed by atoms with Gasteiger partial charge in [-0.2, -0.15) is 13.2 Å². The Labute approximate surface area is 143 Å². The Kier molecular flexibility index (Phi) is 5.67. The molecule has 0 aromatic heterocycles. The number of alkyl halides is 6. The maximum absolute atomic E-state index is 12.6. The number of nitrogens with one attached hydrogen (secondary N) is 2. The summed E-state index contributed by atoms with van der Waals surface area (Å²) < 4.78 is 78.6. The van der Waals surface area contributed by atoms with Crippen molar-refractivity contribution in [3.8, 4) is 5.75 Å². The van der Waals surface area contributed by atoms with Crippen LogP contribution >= 0.6 is 0 Å². The molecule has 2 atom stereocenters. The van der Waals surface area contributed by atoms with Gasteiger partial charge in [-0.1, -0.05) is 18.2 Å². The SMILES string of the molecule is O=C(NCc1ccccc1OC(F)(F)F)[C@@H]1CC[C@H](C(F)(F)F)NC1=O. The summed E-state index contributed by atoms with van der Waals surface area (Å²) >= 11 is 0. The summed E-state index contributed by atoms with van der Waals surface area (Å²) in [6.45, 7) is -0.377. The molecule has 26 heavy (non-hydrogen) atoms. The number of hydrogen-bond donors (Lipinski definition) is 2. The smallest absolute Gasteiger partial charge is 0.405 e. The number of carbonyl (C=O) groups excluding carboxylic acids is 2. The summed E-state index contributed by atoms with van der Waals surface area (Å²) in [5.74, 6) is -3.81. The number of hydrogen-bond acceptors (Lipinski definition) is 3. The van der Waals surface area contributed by atoms with Gasteiger partial charge in [-0.25, -0.2) is 0 Å². The molecule has 5 nitrogen and oxygen atoms in total. The second kappa shape index (κ2) is 7.42. The molecule has 1 aromatic rings. The molecule has 0 saturated carbocycles. The lowest BCUT2D eigenvalue weighted by Gasteiger charge is -2.29. The van der Waals surface area contributed by atoms with Crippen molar-refractivity contribution in [3.63, 3.8) is 0 Å². The van der Waals surface area contributed by atoms with Crippen molar-refractivity contribution in [2.45, 2.75) is 38.0 Å². The van der Waals surface area contributed by atoms with Gasteiger partial charge in [0.25, 0.3) is 0 Å². The third-order valence-electron chi connectivity index (χ3n) is 3.74. The molecule has 1 aromatic carbocycles. The Balaban J connectivity index is 1.97. The van der Waals surface area contributed by atoms with E-state index in [2.05, 4.69) is 10.1 Å². The molecule has 0 aliphatic carbocycles. The molecule has 0 radical (unpaired) electrons. The van der Waals surface area contributed by atoms with Crippen LogP contribution in [0.3, 0.4) is 0 Å². The number of rotatable bonds is 4. The van der Waals surface area contributed by atoms with E-state index in [4.69, 9.17) is 0 Å². The van der Waals surface area contributed by atoms with Gasteiger partial charge < -0.3 is 15.4 Å². The summed E-state index contributed by atoms with van der Waals surface area (Å²) in [6.07, 6.45) is -10.3. The van der Waals surface area contributed by atoms with Crippen molar-refractivity contribution in [3.05, 3.63) is 29.8 Å². The lowest BCUT2D eigenvalue weighted by Crippen LogP contribution is -2.54. The third kappa shape index (κ3) is 5.27. The maximum Gasteiger partial charge on any atom is 0.573 e. The average molecular weight is 384 g/mol. The van der Waals surface area contributed by atoms with Crippen LogP contribution in [0.1, 0.15) is 18.4 Å². The molecule has 1 fully saturated rings. The van der Waals surface area contributed by atoms with Gasteiger partial charge in [-0.15, -0.1) is 13.2 Å². The van der Waals surface area contributed by atoms with E-state index in [1.165, 1.54) is 18.2 Å². The van der Waals surface area contributed by atoms with E-state index < -0.39 is 48.5 Å².